The van der Waals surface area contributed by atoms with E-state index in [1.54, 1.807) is 13.0 Å². The second kappa shape index (κ2) is 4.15. The lowest BCUT2D eigenvalue weighted by molar-refractivity contribution is -0.0103. The van der Waals surface area contributed by atoms with E-state index < -0.39 is 5.60 Å². The van der Waals surface area contributed by atoms with Gasteiger partial charge in [-0.3, -0.25) is 0 Å². The number of aryl methyl sites for hydroxylation is 1. The van der Waals surface area contributed by atoms with Gasteiger partial charge in [-0.2, -0.15) is 0 Å². The van der Waals surface area contributed by atoms with Gasteiger partial charge in [0.05, 0.1) is 12.2 Å². The second-order valence-corrected chi connectivity index (χ2v) is 4.67. The molecule has 0 spiro atoms. The van der Waals surface area contributed by atoms with Crippen molar-refractivity contribution in [2.45, 2.75) is 25.9 Å². The molecule has 0 bridgehead atoms. The summed E-state index contributed by atoms with van der Waals surface area (Å²) in [4.78, 5) is 0. The molecule has 1 aliphatic heterocycles. The van der Waals surface area contributed by atoms with E-state index in [2.05, 4.69) is 0 Å². The number of benzene rings is 1. The zero-order valence-corrected chi connectivity index (χ0v) is 9.66. The van der Waals surface area contributed by atoms with Crippen molar-refractivity contribution in [1.29, 1.82) is 0 Å². The summed E-state index contributed by atoms with van der Waals surface area (Å²) < 4.78 is 18.3. The molecule has 0 saturated carbocycles. The van der Waals surface area contributed by atoms with Crippen LogP contribution in [-0.2, 0) is 10.3 Å². The van der Waals surface area contributed by atoms with Gasteiger partial charge in [-0.25, -0.2) is 4.39 Å². The minimum absolute atomic E-state index is 0.0941. The standard InChI is InChI=1S/C13H17FO2/c1-9-7-11(14)3-4-12(9)13(2,15)10-5-6-16-8-10/h3-4,7,10,15H,5-6,8H2,1-2H3. The molecule has 1 saturated heterocycles. The highest BCUT2D eigenvalue weighted by Crippen LogP contribution is 2.36. The van der Waals surface area contributed by atoms with Gasteiger partial charge in [-0.05, 0) is 43.5 Å². The molecule has 88 valence electrons. The molecule has 0 amide bonds. The summed E-state index contributed by atoms with van der Waals surface area (Å²) in [5.74, 6) is -0.170. The highest BCUT2D eigenvalue weighted by atomic mass is 19.1. The van der Waals surface area contributed by atoms with Crippen molar-refractivity contribution in [2.24, 2.45) is 5.92 Å². The van der Waals surface area contributed by atoms with E-state index in [9.17, 15) is 9.50 Å². The van der Waals surface area contributed by atoms with Gasteiger partial charge in [0.1, 0.15) is 5.82 Å². The maximum Gasteiger partial charge on any atom is 0.123 e. The lowest BCUT2D eigenvalue weighted by Crippen LogP contribution is -2.33. The van der Waals surface area contributed by atoms with E-state index >= 15 is 0 Å². The molecule has 0 aliphatic carbocycles. The van der Waals surface area contributed by atoms with Gasteiger partial charge in [0.15, 0.2) is 0 Å². The van der Waals surface area contributed by atoms with Crippen LogP contribution in [0.15, 0.2) is 18.2 Å². The fourth-order valence-corrected chi connectivity index (χ4v) is 2.39. The molecule has 1 aromatic carbocycles. The molecule has 1 aliphatic rings. The Kier molecular flexibility index (Phi) is 3.00. The van der Waals surface area contributed by atoms with Crippen molar-refractivity contribution in [3.05, 3.63) is 35.1 Å². The first-order valence-corrected chi connectivity index (χ1v) is 5.58. The predicted molar refractivity (Wildman–Crippen MR) is 59.6 cm³/mol. The van der Waals surface area contributed by atoms with Crippen molar-refractivity contribution < 1.29 is 14.2 Å². The summed E-state index contributed by atoms with van der Waals surface area (Å²) in [5, 5.41) is 10.6. The van der Waals surface area contributed by atoms with Gasteiger partial charge in [0.2, 0.25) is 0 Å². The number of halogens is 1. The molecule has 1 aromatic rings. The Balaban J connectivity index is 2.34. The zero-order valence-electron chi connectivity index (χ0n) is 9.66. The van der Waals surface area contributed by atoms with Crippen molar-refractivity contribution >= 4 is 0 Å². The molecule has 1 heterocycles. The van der Waals surface area contributed by atoms with Crippen LogP contribution < -0.4 is 0 Å². The quantitative estimate of drug-likeness (QED) is 0.835. The van der Waals surface area contributed by atoms with Crippen LogP contribution in [0.3, 0.4) is 0 Å². The molecule has 2 rings (SSSR count). The highest BCUT2D eigenvalue weighted by Gasteiger charge is 2.37. The smallest absolute Gasteiger partial charge is 0.123 e. The lowest BCUT2D eigenvalue weighted by Gasteiger charge is -2.31. The second-order valence-electron chi connectivity index (χ2n) is 4.67. The van der Waals surface area contributed by atoms with E-state index in [4.69, 9.17) is 4.74 Å². The van der Waals surface area contributed by atoms with Gasteiger partial charge >= 0.3 is 0 Å². The third-order valence-electron chi connectivity index (χ3n) is 3.46. The minimum Gasteiger partial charge on any atom is -0.385 e. The Labute approximate surface area is 95.1 Å². The molecule has 3 heteroatoms. The van der Waals surface area contributed by atoms with Gasteiger partial charge in [-0.1, -0.05) is 6.07 Å². The number of rotatable bonds is 2. The van der Waals surface area contributed by atoms with Crippen LogP contribution in [0.4, 0.5) is 4.39 Å². The first kappa shape index (κ1) is 11.6. The van der Waals surface area contributed by atoms with Crippen LogP contribution in [-0.4, -0.2) is 18.3 Å². The number of hydrogen-bond acceptors (Lipinski definition) is 2. The van der Waals surface area contributed by atoms with E-state index in [-0.39, 0.29) is 11.7 Å². The normalized spacial score (nSPS) is 24.4. The predicted octanol–water partition coefficient (Wildman–Crippen LogP) is 2.38. The first-order valence-electron chi connectivity index (χ1n) is 5.58. The van der Waals surface area contributed by atoms with Crippen LogP contribution in [0.1, 0.15) is 24.5 Å². The molecular formula is C13H17FO2. The fraction of sp³-hybridized carbons (Fsp3) is 0.538. The van der Waals surface area contributed by atoms with E-state index in [1.807, 2.05) is 6.92 Å². The van der Waals surface area contributed by atoms with E-state index in [1.165, 1.54) is 12.1 Å². The molecular weight excluding hydrogens is 207 g/mol. The topological polar surface area (TPSA) is 29.5 Å². The van der Waals surface area contributed by atoms with E-state index in [0.717, 1.165) is 17.5 Å². The molecule has 2 atom stereocenters. The van der Waals surface area contributed by atoms with Crippen LogP contribution in [0.25, 0.3) is 0 Å². The minimum atomic E-state index is -0.936. The van der Waals surface area contributed by atoms with Gasteiger partial charge in [0.25, 0.3) is 0 Å². The average Bonchev–Trinajstić information content (AvgIpc) is 2.69. The maximum absolute atomic E-state index is 13.0. The largest absolute Gasteiger partial charge is 0.385 e. The highest BCUT2D eigenvalue weighted by molar-refractivity contribution is 5.32. The Morgan fingerprint density at radius 3 is 2.81 bits per heavy atom. The van der Waals surface area contributed by atoms with Gasteiger partial charge < -0.3 is 9.84 Å². The average molecular weight is 224 g/mol. The van der Waals surface area contributed by atoms with Gasteiger partial charge in [-0.15, -0.1) is 0 Å². The van der Waals surface area contributed by atoms with Crippen LogP contribution in [0.2, 0.25) is 0 Å². The third kappa shape index (κ3) is 1.97. The summed E-state index contributed by atoms with van der Waals surface area (Å²) >= 11 is 0. The Bertz CT molecular complexity index is 382. The van der Waals surface area contributed by atoms with Crippen LogP contribution >= 0.6 is 0 Å². The molecule has 2 nitrogen and oxygen atoms in total. The van der Waals surface area contributed by atoms with Crippen molar-refractivity contribution in [2.75, 3.05) is 13.2 Å². The van der Waals surface area contributed by atoms with Crippen molar-refractivity contribution in [3.8, 4) is 0 Å². The molecule has 16 heavy (non-hydrogen) atoms. The number of ether oxygens (including phenoxy) is 1. The zero-order chi connectivity index (χ0) is 11.8. The Morgan fingerprint density at radius 1 is 1.50 bits per heavy atom. The molecule has 0 aromatic heterocycles. The Morgan fingerprint density at radius 2 is 2.25 bits per heavy atom. The summed E-state index contributed by atoms with van der Waals surface area (Å²) in [7, 11) is 0. The fourth-order valence-electron chi connectivity index (χ4n) is 2.39. The third-order valence-corrected chi connectivity index (χ3v) is 3.46. The van der Waals surface area contributed by atoms with Crippen molar-refractivity contribution in [3.63, 3.8) is 0 Å². The Hall–Kier alpha value is -0.930. The first-order chi connectivity index (χ1) is 7.51. The summed E-state index contributed by atoms with van der Waals surface area (Å²) in [5.41, 5.74) is 0.648. The van der Waals surface area contributed by atoms with Gasteiger partial charge in [0, 0.05) is 12.5 Å². The molecule has 1 fully saturated rings. The van der Waals surface area contributed by atoms with Crippen LogP contribution in [0, 0.1) is 18.7 Å². The maximum atomic E-state index is 13.0. The summed E-state index contributed by atoms with van der Waals surface area (Å²) in [6.45, 7) is 4.88. The molecule has 2 unspecified atom stereocenters. The molecule has 1 N–H and O–H groups in total. The molecule has 0 radical (unpaired) electrons. The van der Waals surface area contributed by atoms with E-state index in [0.29, 0.717) is 13.2 Å². The number of hydrogen-bond donors (Lipinski definition) is 1. The lowest BCUT2D eigenvalue weighted by atomic mass is 9.80. The number of aliphatic hydroxyl groups is 1. The summed E-state index contributed by atoms with van der Waals surface area (Å²) in [6, 6.07) is 4.52. The SMILES string of the molecule is Cc1cc(F)ccc1C(C)(O)C1CCOC1. The van der Waals surface area contributed by atoms with Crippen molar-refractivity contribution in [1.82, 2.24) is 0 Å². The summed E-state index contributed by atoms with van der Waals surface area (Å²) in [6.07, 6.45) is 0.851. The van der Waals surface area contributed by atoms with Crippen LogP contribution in [0.5, 0.6) is 0 Å². The monoisotopic (exact) mass is 224 g/mol.